The molecule has 0 aliphatic carbocycles. The Hall–Kier alpha value is -1.58. The Morgan fingerprint density at radius 2 is 1.89 bits per heavy atom. The molecule has 1 aliphatic heterocycles. The van der Waals surface area contributed by atoms with E-state index in [0.29, 0.717) is 16.5 Å². The second-order valence-electron chi connectivity index (χ2n) is 6.33. The highest BCUT2D eigenvalue weighted by Crippen LogP contribution is 2.40. The molecular weight excluding hydrogens is 406 g/mol. The first kappa shape index (κ1) is 20.2. The summed E-state index contributed by atoms with van der Waals surface area (Å²) >= 11 is 7.52. The average Bonchev–Trinajstić information content (AvgIpc) is 2.92. The van der Waals surface area contributed by atoms with Crippen LogP contribution in [0.4, 0.5) is 5.69 Å². The summed E-state index contributed by atoms with van der Waals surface area (Å²) in [6.45, 7) is 0. The van der Waals surface area contributed by atoms with E-state index in [0.717, 1.165) is 9.99 Å². The van der Waals surface area contributed by atoms with Crippen LogP contribution in [0.2, 0.25) is 5.02 Å². The molecule has 144 valence electrons. The van der Waals surface area contributed by atoms with Gasteiger partial charge in [0, 0.05) is 26.7 Å². The lowest BCUT2D eigenvalue weighted by Gasteiger charge is -2.31. The summed E-state index contributed by atoms with van der Waals surface area (Å²) in [5.74, 6) is 0.318. The number of sulfonamides is 1. The summed E-state index contributed by atoms with van der Waals surface area (Å²) in [5, 5.41) is 12.0. The third-order valence-electron chi connectivity index (χ3n) is 4.38. The standard InChI is InChI=1S/C18H20ClN3O3S2/c1-21(2)27(24,25)16-11-13(9-10-15(16)19)18(23)12-26-17(22(18)3)20-14-7-5-4-6-8-14/h4-11,23H,12H2,1-3H3/b20-17+. The first-order chi connectivity index (χ1) is 12.7. The van der Waals surface area contributed by atoms with Gasteiger partial charge in [-0.3, -0.25) is 0 Å². The van der Waals surface area contributed by atoms with E-state index in [9.17, 15) is 13.5 Å². The number of amidine groups is 1. The third-order valence-corrected chi connectivity index (χ3v) is 7.84. The molecule has 6 nitrogen and oxygen atoms in total. The predicted molar refractivity (Wildman–Crippen MR) is 110 cm³/mol. The van der Waals surface area contributed by atoms with E-state index in [-0.39, 0.29) is 9.92 Å². The van der Waals surface area contributed by atoms with Gasteiger partial charge in [0.05, 0.1) is 16.5 Å². The van der Waals surface area contributed by atoms with Crippen LogP contribution in [0.25, 0.3) is 0 Å². The second-order valence-corrected chi connectivity index (χ2v) is 9.80. The van der Waals surface area contributed by atoms with Crippen molar-refractivity contribution in [3.8, 4) is 0 Å². The van der Waals surface area contributed by atoms with Crippen LogP contribution in [0.3, 0.4) is 0 Å². The highest BCUT2D eigenvalue weighted by Gasteiger charge is 2.43. The van der Waals surface area contributed by atoms with Crippen molar-refractivity contribution >= 4 is 44.2 Å². The smallest absolute Gasteiger partial charge is 0.244 e. The highest BCUT2D eigenvalue weighted by molar-refractivity contribution is 8.14. The third kappa shape index (κ3) is 3.72. The van der Waals surface area contributed by atoms with Crippen LogP contribution in [0.1, 0.15) is 5.56 Å². The van der Waals surface area contributed by atoms with E-state index >= 15 is 0 Å². The minimum Gasteiger partial charge on any atom is -0.366 e. The van der Waals surface area contributed by atoms with E-state index in [1.54, 1.807) is 18.0 Å². The molecule has 1 fully saturated rings. The number of benzene rings is 2. The zero-order valence-corrected chi connectivity index (χ0v) is 17.5. The van der Waals surface area contributed by atoms with Crippen molar-refractivity contribution in [2.24, 2.45) is 4.99 Å². The summed E-state index contributed by atoms with van der Waals surface area (Å²) in [5.41, 5.74) is -0.164. The second kappa shape index (κ2) is 7.44. The Bertz CT molecular complexity index is 981. The largest absolute Gasteiger partial charge is 0.366 e. The summed E-state index contributed by atoms with van der Waals surface area (Å²) in [7, 11) is 0.881. The van der Waals surface area contributed by atoms with Crippen LogP contribution in [0, 0.1) is 0 Å². The number of hydrogen-bond donors (Lipinski definition) is 1. The molecule has 0 spiro atoms. The van der Waals surface area contributed by atoms with Gasteiger partial charge in [-0.15, -0.1) is 0 Å². The number of rotatable bonds is 4. The molecule has 2 aromatic carbocycles. The van der Waals surface area contributed by atoms with Gasteiger partial charge in [-0.2, -0.15) is 0 Å². The molecule has 27 heavy (non-hydrogen) atoms. The lowest BCUT2D eigenvalue weighted by atomic mass is 10.0. The van der Waals surface area contributed by atoms with Gasteiger partial charge in [-0.1, -0.05) is 47.6 Å². The monoisotopic (exact) mass is 425 g/mol. The van der Waals surface area contributed by atoms with Crippen LogP contribution in [0.5, 0.6) is 0 Å². The fraction of sp³-hybridized carbons (Fsp3) is 0.278. The summed E-state index contributed by atoms with van der Waals surface area (Å²) in [6, 6.07) is 14.0. The molecule has 0 radical (unpaired) electrons. The number of aliphatic imine (C=N–C) groups is 1. The number of halogens is 1. The van der Waals surface area contributed by atoms with Crippen LogP contribution in [-0.2, 0) is 15.7 Å². The topological polar surface area (TPSA) is 73.2 Å². The Kier molecular flexibility index (Phi) is 5.56. The maximum atomic E-state index is 12.5. The Balaban J connectivity index is 2.01. The Labute approximate surface area is 168 Å². The first-order valence-electron chi connectivity index (χ1n) is 8.11. The van der Waals surface area contributed by atoms with Gasteiger partial charge in [0.15, 0.2) is 10.9 Å². The number of para-hydroxylation sites is 1. The minimum absolute atomic E-state index is 0.0352. The number of aliphatic hydroxyl groups is 1. The summed E-state index contributed by atoms with van der Waals surface area (Å²) in [4.78, 5) is 6.19. The molecule has 1 heterocycles. The molecule has 3 rings (SSSR count). The van der Waals surface area contributed by atoms with Gasteiger partial charge in [0.1, 0.15) is 4.90 Å². The molecule has 0 bridgehead atoms. The molecule has 1 aliphatic rings. The minimum atomic E-state index is -3.73. The number of nitrogens with zero attached hydrogens (tertiary/aromatic N) is 3. The average molecular weight is 426 g/mol. The zero-order valence-electron chi connectivity index (χ0n) is 15.1. The number of hydrogen-bond acceptors (Lipinski definition) is 5. The predicted octanol–water partition coefficient (Wildman–Crippen LogP) is 3.10. The molecule has 2 aromatic rings. The van der Waals surface area contributed by atoms with E-state index in [4.69, 9.17) is 11.6 Å². The Morgan fingerprint density at radius 3 is 2.52 bits per heavy atom. The molecule has 9 heteroatoms. The van der Waals surface area contributed by atoms with Crippen LogP contribution >= 0.6 is 23.4 Å². The van der Waals surface area contributed by atoms with Crippen molar-refractivity contribution in [1.29, 1.82) is 0 Å². The first-order valence-corrected chi connectivity index (χ1v) is 10.9. The molecule has 1 unspecified atom stereocenters. The van der Waals surface area contributed by atoms with E-state index in [1.165, 1.54) is 38.0 Å². The summed E-state index contributed by atoms with van der Waals surface area (Å²) < 4.78 is 26.2. The number of thioether (sulfide) groups is 1. The zero-order chi connectivity index (χ0) is 19.8. The van der Waals surface area contributed by atoms with E-state index in [2.05, 4.69) is 4.99 Å². The molecule has 1 atom stereocenters. The van der Waals surface area contributed by atoms with Crippen LogP contribution in [-0.4, -0.2) is 54.8 Å². The van der Waals surface area contributed by atoms with Gasteiger partial charge in [0.2, 0.25) is 10.0 Å². The Morgan fingerprint density at radius 1 is 1.22 bits per heavy atom. The van der Waals surface area contributed by atoms with Crippen molar-refractivity contribution < 1.29 is 13.5 Å². The van der Waals surface area contributed by atoms with Crippen molar-refractivity contribution in [3.63, 3.8) is 0 Å². The van der Waals surface area contributed by atoms with Crippen molar-refractivity contribution in [1.82, 2.24) is 9.21 Å². The van der Waals surface area contributed by atoms with Crippen LogP contribution in [0.15, 0.2) is 58.4 Å². The fourth-order valence-corrected chi connectivity index (χ4v) is 5.26. The fourth-order valence-electron chi connectivity index (χ4n) is 2.66. The van der Waals surface area contributed by atoms with Crippen LogP contribution < -0.4 is 0 Å². The van der Waals surface area contributed by atoms with Crippen molar-refractivity contribution in [3.05, 3.63) is 59.1 Å². The van der Waals surface area contributed by atoms with Gasteiger partial charge in [-0.05, 0) is 24.3 Å². The molecule has 0 saturated carbocycles. The van der Waals surface area contributed by atoms with E-state index < -0.39 is 15.7 Å². The van der Waals surface area contributed by atoms with E-state index in [1.807, 2.05) is 30.3 Å². The lowest BCUT2D eigenvalue weighted by molar-refractivity contribution is -0.0349. The summed E-state index contributed by atoms with van der Waals surface area (Å²) in [6.07, 6.45) is 0. The quantitative estimate of drug-likeness (QED) is 0.814. The molecule has 0 amide bonds. The van der Waals surface area contributed by atoms with Gasteiger partial charge in [0.25, 0.3) is 0 Å². The molecule has 0 aromatic heterocycles. The molecule has 1 saturated heterocycles. The maximum absolute atomic E-state index is 12.5. The molecular formula is C18H20ClN3O3S2. The highest BCUT2D eigenvalue weighted by atomic mass is 35.5. The van der Waals surface area contributed by atoms with Gasteiger partial charge < -0.3 is 10.0 Å². The maximum Gasteiger partial charge on any atom is 0.244 e. The SMILES string of the molecule is CN1/C(=N\c2ccccc2)SCC1(O)c1ccc(Cl)c(S(=O)(=O)N(C)C)c1. The normalized spacial score (nSPS) is 22.0. The lowest BCUT2D eigenvalue weighted by Crippen LogP contribution is -2.42. The van der Waals surface area contributed by atoms with Crippen molar-refractivity contribution in [2.75, 3.05) is 26.9 Å². The van der Waals surface area contributed by atoms with Gasteiger partial charge >= 0.3 is 0 Å². The van der Waals surface area contributed by atoms with Gasteiger partial charge in [-0.25, -0.2) is 17.7 Å². The molecule has 1 N–H and O–H groups in total. The van der Waals surface area contributed by atoms with Crippen molar-refractivity contribution in [2.45, 2.75) is 10.6 Å².